The molecule has 3 rings (SSSR count). The average molecular weight is 349 g/mol. The summed E-state index contributed by atoms with van der Waals surface area (Å²) in [4.78, 5) is 16.3. The monoisotopic (exact) mass is 349 g/mol. The van der Waals surface area contributed by atoms with Gasteiger partial charge in [-0.15, -0.1) is 0 Å². The van der Waals surface area contributed by atoms with Gasteiger partial charge >= 0.3 is 6.03 Å². The predicted molar refractivity (Wildman–Crippen MR) is 95.2 cm³/mol. The molecule has 1 aromatic carbocycles. The topological polar surface area (TPSA) is 44.8 Å². The first-order valence-corrected chi connectivity index (χ1v) is 9.32. The van der Waals surface area contributed by atoms with Gasteiger partial charge in [-0.25, -0.2) is 9.18 Å². The van der Waals surface area contributed by atoms with Crippen LogP contribution in [0.3, 0.4) is 0 Å². The molecule has 2 aliphatic rings. The van der Waals surface area contributed by atoms with Crippen molar-refractivity contribution in [3.05, 3.63) is 30.1 Å². The average Bonchev–Trinajstić information content (AvgIpc) is 2.59. The molecule has 0 aliphatic carbocycles. The van der Waals surface area contributed by atoms with Crippen molar-refractivity contribution in [2.75, 3.05) is 39.3 Å². The van der Waals surface area contributed by atoms with Crippen LogP contribution in [-0.2, 0) is 0 Å². The standard InChI is InChI=1S/C19H28FN3O2/c1-2-22-11-8-15(9-12-22)7-10-21-19(24)23-13-16(14-23)25-18-6-4-3-5-17(18)20/h3-6,15-16H,2,7-14H2,1H3,(H,21,24). The molecule has 0 aromatic heterocycles. The minimum atomic E-state index is -0.362. The van der Waals surface area contributed by atoms with Crippen LogP contribution in [0.15, 0.2) is 24.3 Å². The molecule has 0 unspecified atom stereocenters. The van der Waals surface area contributed by atoms with Gasteiger partial charge in [0.1, 0.15) is 6.10 Å². The van der Waals surface area contributed by atoms with E-state index in [2.05, 4.69) is 17.1 Å². The normalized spacial score (nSPS) is 19.5. The Kier molecular flexibility index (Phi) is 6.13. The largest absolute Gasteiger partial charge is 0.484 e. The molecule has 2 aliphatic heterocycles. The molecule has 6 heteroatoms. The number of carbonyl (C=O) groups is 1. The fraction of sp³-hybridized carbons (Fsp3) is 0.632. The summed E-state index contributed by atoms with van der Waals surface area (Å²) in [5.41, 5.74) is 0. The molecule has 0 saturated carbocycles. The Morgan fingerprint density at radius 1 is 1.28 bits per heavy atom. The quantitative estimate of drug-likeness (QED) is 0.859. The number of nitrogens with one attached hydrogen (secondary N) is 1. The number of urea groups is 1. The molecule has 0 atom stereocenters. The fourth-order valence-corrected chi connectivity index (χ4v) is 3.48. The molecule has 2 fully saturated rings. The zero-order valence-electron chi connectivity index (χ0n) is 14.9. The number of likely N-dealkylation sites (tertiary alicyclic amines) is 2. The van der Waals surface area contributed by atoms with Crippen molar-refractivity contribution in [1.82, 2.24) is 15.1 Å². The van der Waals surface area contributed by atoms with Crippen LogP contribution in [-0.4, -0.2) is 61.2 Å². The number of benzene rings is 1. The smallest absolute Gasteiger partial charge is 0.317 e. The van der Waals surface area contributed by atoms with Crippen molar-refractivity contribution in [2.24, 2.45) is 5.92 Å². The molecule has 2 saturated heterocycles. The summed E-state index contributed by atoms with van der Waals surface area (Å²) in [6, 6.07) is 6.33. The van der Waals surface area contributed by atoms with E-state index in [0.717, 1.165) is 25.4 Å². The lowest BCUT2D eigenvalue weighted by Gasteiger charge is -2.39. The zero-order chi connectivity index (χ0) is 17.6. The van der Waals surface area contributed by atoms with Gasteiger partial charge in [0.15, 0.2) is 11.6 Å². The van der Waals surface area contributed by atoms with Gasteiger partial charge in [0.25, 0.3) is 0 Å². The third-order valence-electron chi connectivity index (χ3n) is 5.25. The summed E-state index contributed by atoms with van der Waals surface area (Å²) in [5.74, 6) is 0.613. The van der Waals surface area contributed by atoms with E-state index < -0.39 is 0 Å². The van der Waals surface area contributed by atoms with Crippen LogP contribution in [0.2, 0.25) is 0 Å². The van der Waals surface area contributed by atoms with Gasteiger partial charge in [-0.2, -0.15) is 0 Å². The van der Waals surface area contributed by atoms with Gasteiger partial charge in [0.2, 0.25) is 0 Å². The number of carbonyl (C=O) groups excluding carboxylic acids is 1. The van der Waals surface area contributed by atoms with Gasteiger partial charge < -0.3 is 19.9 Å². The Morgan fingerprint density at radius 2 is 2.00 bits per heavy atom. The first kappa shape index (κ1) is 18.0. The predicted octanol–water partition coefficient (Wildman–Crippen LogP) is 2.72. The van der Waals surface area contributed by atoms with E-state index in [-0.39, 0.29) is 23.7 Å². The minimum absolute atomic E-state index is 0.0422. The molecule has 0 bridgehead atoms. The highest BCUT2D eigenvalue weighted by molar-refractivity contribution is 5.75. The van der Waals surface area contributed by atoms with Crippen LogP contribution in [0.4, 0.5) is 9.18 Å². The maximum Gasteiger partial charge on any atom is 0.317 e. The third kappa shape index (κ3) is 4.84. The molecule has 2 amide bonds. The lowest BCUT2D eigenvalue weighted by atomic mass is 9.93. The number of para-hydroxylation sites is 1. The van der Waals surface area contributed by atoms with E-state index in [4.69, 9.17) is 4.74 Å². The highest BCUT2D eigenvalue weighted by atomic mass is 19.1. The van der Waals surface area contributed by atoms with Crippen LogP contribution in [0, 0.1) is 11.7 Å². The SMILES string of the molecule is CCN1CCC(CCNC(=O)N2CC(Oc3ccccc3F)C2)CC1. The fourth-order valence-electron chi connectivity index (χ4n) is 3.48. The Bertz CT molecular complexity index is 570. The maximum atomic E-state index is 13.5. The molecular weight excluding hydrogens is 321 g/mol. The first-order valence-electron chi connectivity index (χ1n) is 9.32. The van der Waals surface area contributed by atoms with E-state index in [0.29, 0.717) is 13.1 Å². The highest BCUT2D eigenvalue weighted by Crippen LogP contribution is 2.22. The van der Waals surface area contributed by atoms with Gasteiger partial charge in [-0.05, 0) is 56.9 Å². The van der Waals surface area contributed by atoms with Crippen molar-refractivity contribution in [2.45, 2.75) is 32.3 Å². The summed E-state index contributed by atoms with van der Waals surface area (Å²) in [7, 11) is 0. The van der Waals surface area contributed by atoms with E-state index in [1.165, 1.54) is 32.0 Å². The van der Waals surface area contributed by atoms with Crippen molar-refractivity contribution in [3.63, 3.8) is 0 Å². The van der Waals surface area contributed by atoms with E-state index >= 15 is 0 Å². The van der Waals surface area contributed by atoms with Crippen molar-refractivity contribution >= 4 is 6.03 Å². The number of halogens is 1. The summed E-state index contributed by atoms with van der Waals surface area (Å²) < 4.78 is 19.1. The van der Waals surface area contributed by atoms with Gasteiger partial charge in [-0.3, -0.25) is 0 Å². The molecule has 25 heavy (non-hydrogen) atoms. The second-order valence-electron chi connectivity index (χ2n) is 6.97. The van der Waals surface area contributed by atoms with Gasteiger partial charge in [-0.1, -0.05) is 19.1 Å². The number of piperidine rings is 1. The van der Waals surface area contributed by atoms with E-state index in [1.54, 1.807) is 23.1 Å². The van der Waals surface area contributed by atoms with Crippen LogP contribution < -0.4 is 10.1 Å². The molecule has 1 N–H and O–H groups in total. The summed E-state index contributed by atoms with van der Waals surface area (Å²) in [6.45, 7) is 7.44. The number of ether oxygens (including phenoxy) is 1. The Balaban J connectivity index is 1.30. The summed E-state index contributed by atoms with van der Waals surface area (Å²) >= 11 is 0. The number of hydrogen-bond acceptors (Lipinski definition) is 3. The Morgan fingerprint density at radius 3 is 2.68 bits per heavy atom. The molecule has 0 spiro atoms. The maximum absolute atomic E-state index is 13.5. The number of hydrogen-bond donors (Lipinski definition) is 1. The second kappa shape index (κ2) is 8.52. The van der Waals surface area contributed by atoms with Crippen LogP contribution in [0.5, 0.6) is 5.75 Å². The van der Waals surface area contributed by atoms with Crippen molar-refractivity contribution in [3.8, 4) is 5.75 Å². The minimum Gasteiger partial charge on any atom is -0.484 e. The van der Waals surface area contributed by atoms with Crippen LogP contribution in [0.25, 0.3) is 0 Å². The molecule has 0 radical (unpaired) electrons. The van der Waals surface area contributed by atoms with Gasteiger partial charge in [0.05, 0.1) is 13.1 Å². The molecule has 138 valence electrons. The number of nitrogens with zero attached hydrogens (tertiary/aromatic N) is 2. The lowest BCUT2D eigenvalue weighted by Crippen LogP contribution is -2.59. The van der Waals surface area contributed by atoms with E-state index in [1.807, 2.05) is 0 Å². The Labute approximate surface area is 149 Å². The third-order valence-corrected chi connectivity index (χ3v) is 5.25. The molecule has 5 nitrogen and oxygen atoms in total. The van der Waals surface area contributed by atoms with Crippen molar-refractivity contribution < 1.29 is 13.9 Å². The first-order chi connectivity index (χ1) is 12.2. The number of amides is 2. The van der Waals surface area contributed by atoms with E-state index in [9.17, 15) is 9.18 Å². The van der Waals surface area contributed by atoms with Crippen LogP contribution in [0.1, 0.15) is 26.2 Å². The Hall–Kier alpha value is -1.82. The molecular formula is C19H28FN3O2. The second-order valence-corrected chi connectivity index (χ2v) is 6.97. The lowest BCUT2D eigenvalue weighted by molar-refractivity contribution is 0.0417. The van der Waals surface area contributed by atoms with Crippen molar-refractivity contribution in [1.29, 1.82) is 0 Å². The van der Waals surface area contributed by atoms with Gasteiger partial charge in [0, 0.05) is 6.54 Å². The summed E-state index contributed by atoms with van der Waals surface area (Å²) in [6.07, 6.45) is 3.38. The number of rotatable bonds is 6. The molecule has 2 heterocycles. The highest BCUT2D eigenvalue weighted by Gasteiger charge is 2.32. The van der Waals surface area contributed by atoms with Crippen LogP contribution >= 0.6 is 0 Å². The zero-order valence-corrected chi connectivity index (χ0v) is 14.9. The molecule has 1 aromatic rings. The summed E-state index contributed by atoms with van der Waals surface area (Å²) in [5, 5.41) is 3.00.